The van der Waals surface area contributed by atoms with Crippen LogP contribution in [0.15, 0.2) is 18.2 Å². The molecule has 2 unspecified atom stereocenters. The molecule has 2 amide bonds. The summed E-state index contributed by atoms with van der Waals surface area (Å²) in [6.07, 6.45) is 1.85. The fraction of sp³-hybridized carbons (Fsp3) is 0.579. The first-order valence-electron chi connectivity index (χ1n) is 8.59. The Kier molecular flexibility index (Phi) is 4.42. The number of carbonyl (C=O) groups is 2. The molecule has 1 saturated carbocycles. The predicted molar refractivity (Wildman–Crippen MR) is 90.2 cm³/mol. The first-order chi connectivity index (χ1) is 11.0. The lowest BCUT2D eigenvalue weighted by Crippen LogP contribution is -2.37. The smallest absolute Gasteiger partial charge is 0.226 e. The van der Waals surface area contributed by atoms with Gasteiger partial charge in [-0.15, -0.1) is 0 Å². The molecule has 23 heavy (non-hydrogen) atoms. The van der Waals surface area contributed by atoms with Crippen LogP contribution in [0.3, 0.4) is 0 Å². The van der Waals surface area contributed by atoms with Crippen molar-refractivity contribution >= 4 is 11.8 Å². The fourth-order valence-corrected chi connectivity index (χ4v) is 3.52. The predicted octanol–water partition coefficient (Wildman–Crippen LogP) is 2.49. The maximum Gasteiger partial charge on any atom is 0.226 e. The molecule has 0 N–H and O–H groups in total. The van der Waals surface area contributed by atoms with Crippen molar-refractivity contribution in [2.24, 2.45) is 5.92 Å². The molecule has 1 saturated heterocycles. The van der Waals surface area contributed by atoms with E-state index in [1.165, 1.54) is 16.7 Å². The summed E-state index contributed by atoms with van der Waals surface area (Å²) in [7, 11) is 0. The second kappa shape index (κ2) is 6.34. The van der Waals surface area contributed by atoms with Crippen LogP contribution in [0.25, 0.3) is 0 Å². The van der Waals surface area contributed by atoms with Gasteiger partial charge in [0, 0.05) is 39.0 Å². The molecule has 1 aliphatic heterocycles. The molecule has 0 bridgehead atoms. The maximum atomic E-state index is 12.7. The summed E-state index contributed by atoms with van der Waals surface area (Å²) in [6.45, 7) is 8.74. The average Bonchev–Trinajstić information content (AvgIpc) is 3.32. The van der Waals surface area contributed by atoms with Crippen LogP contribution in [0.4, 0.5) is 0 Å². The van der Waals surface area contributed by atoms with Crippen molar-refractivity contribution in [1.29, 1.82) is 0 Å². The van der Waals surface area contributed by atoms with E-state index < -0.39 is 0 Å². The summed E-state index contributed by atoms with van der Waals surface area (Å²) >= 11 is 0. The molecule has 1 heterocycles. The Balaban J connectivity index is 1.61. The van der Waals surface area contributed by atoms with Gasteiger partial charge in [-0.25, -0.2) is 0 Å². The summed E-state index contributed by atoms with van der Waals surface area (Å²) in [5.74, 6) is 0.910. The maximum absolute atomic E-state index is 12.7. The van der Waals surface area contributed by atoms with Crippen LogP contribution in [0.1, 0.15) is 42.4 Å². The Hall–Kier alpha value is -1.84. The summed E-state index contributed by atoms with van der Waals surface area (Å²) in [4.78, 5) is 28.1. The SMILES string of the molecule is CC(=O)N1CCCN(C(=O)C2CC2c2ccc(C)c(C)c2)CC1. The van der Waals surface area contributed by atoms with Crippen LogP contribution >= 0.6 is 0 Å². The van der Waals surface area contributed by atoms with Gasteiger partial charge in [-0.3, -0.25) is 9.59 Å². The molecule has 0 spiro atoms. The van der Waals surface area contributed by atoms with E-state index in [1.807, 2.05) is 9.80 Å². The molecule has 1 aromatic rings. The van der Waals surface area contributed by atoms with Crippen molar-refractivity contribution in [3.8, 4) is 0 Å². The number of benzene rings is 1. The first-order valence-corrected chi connectivity index (χ1v) is 8.59. The quantitative estimate of drug-likeness (QED) is 0.841. The summed E-state index contributed by atoms with van der Waals surface area (Å²) < 4.78 is 0. The second-order valence-corrected chi connectivity index (χ2v) is 6.98. The number of nitrogens with zero attached hydrogens (tertiary/aromatic N) is 2. The van der Waals surface area contributed by atoms with E-state index in [0.717, 1.165) is 25.9 Å². The van der Waals surface area contributed by atoms with Crippen molar-refractivity contribution in [3.05, 3.63) is 34.9 Å². The lowest BCUT2D eigenvalue weighted by Gasteiger charge is -2.21. The molecule has 1 aromatic carbocycles. The molecular formula is C19H26N2O2. The highest BCUT2D eigenvalue weighted by Gasteiger charge is 2.45. The lowest BCUT2D eigenvalue weighted by atomic mass is 10.0. The van der Waals surface area contributed by atoms with Gasteiger partial charge in [-0.2, -0.15) is 0 Å². The van der Waals surface area contributed by atoms with Crippen LogP contribution in [-0.4, -0.2) is 47.8 Å². The van der Waals surface area contributed by atoms with E-state index in [2.05, 4.69) is 32.0 Å². The molecule has 1 aliphatic carbocycles. The fourth-order valence-electron chi connectivity index (χ4n) is 3.52. The number of hydrogen-bond donors (Lipinski definition) is 0. The lowest BCUT2D eigenvalue weighted by molar-refractivity contribution is -0.133. The van der Waals surface area contributed by atoms with E-state index in [0.29, 0.717) is 19.0 Å². The molecule has 4 heteroatoms. The Bertz CT molecular complexity index is 626. The molecule has 0 radical (unpaired) electrons. The number of amides is 2. The summed E-state index contributed by atoms with van der Waals surface area (Å²) in [5.41, 5.74) is 3.90. The van der Waals surface area contributed by atoms with Crippen LogP contribution in [0.5, 0.6) is 0 Å². The Morgan fingerprint density at radius 2 is 1.70 bits per heavy atom. The van der Waals surface area contributed by atoms with Gasteiger partial charge in [0.05, 0.1) is 0 Å². The number of hydrogen-bond acceptors (Lipinski definition) is 2. The largest absolute Gasteiger partial charge is 0.341 e. The minimum absolute atomic E-state index is 0.110. The van der Waals surface area contributed by atoms with Gasteiger partial charge >= 0.3 is 0 Å². The Morgan fingerprint density at radius 3 is 2.39 bits per heavy atom. The van der Waals surface area contributed by atoms with E-state index in [4.69, 9.17) is 0 Å². The van der Waals surface area contributed by atoms with Crippen molar-refractivity contribution in [2.75, 3.05) is 26.2 Å². The number of aryl methyl sites for hydroxylation is 2. The minimum Gasteiger partial charge on any atom is -0.341 e. The van der Waals surface area contributed by atoms with Crippen LogP contribution < -0.4 is 0 Å². The van der Waals surface area contributed by atoms with Gasteiger partial charge in [0.15, 0.2) is 0 Å². The molecular weight excluding hydrogens is 288 g/mol. The number of rotatable bonds is 2. The highest BCUT2D eigenvalue weighted by atomic mass is 16.2. The molecule has 3 rings (SSSR count). The molecule has 4 nitrogen and oxygen atoms in total. The highest BCUT2D eigenvalue weighted by molar-refractivity contribution is 5.83. The summed E-state index contributed by atoms with van der Waals surface area (Å²) in [6, 6.07) is 6.55. The number of carbonyl (C=O) groups excluding carboxylic acids is 2. The standard InChI is InChI=1S/C19H26N2O2/c1-13-5-6-16(11-14(13)2)17-12-18(17)19(23)21-8-4-7-20(9-10-21)15(3)22/h5-6,11,17-18H,4,7-10,12H2,1-3H3. The Morgan fingerprint density at radius 1 is 1.00 bits per heavy atom. The van der Waals surface area contributed by atoms with Gasteiger partial charge in [-0.05, 0) is 49.3 Å². The zero-order chi connectivity index (χ0) is 16.6. The van der Waals surface area contributed by atoms with Crippen molar-refractivity contribution in [2.45, 2.75) is 39.5 Å². The van der Waals surface area contributed by atoms with E-state index in [9.17, 15) is 9.59 Å². The second-order valence-electron chi connectivity index (χ2n) is 6.98. The summed E-state index contributed by atoms with van der Waals surface area (Å²) in [5, 5.41) is 0. The van der Waals surface area contributed by atoms with Crippen molar-refractivity contribution in [1.82, 2.24) is 9.80 Å². The minimum atomic E-state index is 0.110. The normalized spacial score (nSPS) is 24.3. The van der Waals surface area contributed by atoms with Gasteiger partial charge < -0.3 is 9.80 Å². The average molecular weight is 314 g/mol. The van der Waals surface area contributed by atoms with E-state index in [-0.39, 0.29) is 17.7 Å². The highest BCUT2D eigenvalue weighted by Crippen LogP contribution is 2.48. The Labute approximate surface area is 138 Å². The van der Waals surface area contributed by atoms with Crippen LogP contribution in [-0.2, 0) is 9.59 Å². The van der Waals surface area contributed by atoms with Gasteiger partial charge in [0.25, 0.3) is 0 Å². The third kappa shape index (κ3) is 3.41. The van der Waals surface area contributed by atoms with Crippen LogP contribution in [0.2, 0.25) is 0 Å². The third-order valence-electron chi connectivity index (χ3n) is 5.32. The van der Waals surface area contributed by atoms with Gasteiger partial charge in [0.1, 0.15) is 0 Å². The topological polar surface area (TPSA) is 40.6 Å². The molecule has 2 aliphatic rings. The van der Waals surface area contributed by atoms with E-state index >= 15 is 0 Å². The van der Waals surface area contributed by atoms with Gasteiger partial charge in [0.2, 0.25) is 11.8 Å². The molecule has 2 fully saturated rings. The molecule has 2 atom stereocenters. The third-order valence-corrected chi connectivity index (χ3v) is 5.32. The van der Waals surface area contributed by atoms with Crippen molar-refractivity contribution < 1.29 is 9.59 Å². The molecule has 0 aromatic heterocycles. The van der Waals surface area contributed by atoms with Crippen LogP contribution in [0, 0.1) is 19.8 Å². The van der Waals surface area contributed by atoms with Crippen molar-refractivity contribution in [3.63, 3.8) is 0 Å². The zero-order valence-electron chi connectivity index (χ0n) is 14.3. The molecule has 124 valence electrons. The monoisotopic (exact) mass is 314 g/mol. The van der Waals surface area contributed by atoms with Gasteiger partial charge in [-0.1, -0.05) is 18.2 Å². The first kappa shape index (κ1) is 16.0. The zero-order valence-corrected chi connectivity index (χ0v) is 14.3. The van der Waals surface area contributed by atoms with E-state index in [1.54, 1.807) is 6.92 Å².